The first kappa shape index (κ1) is 30.3. The molecule has 0 bridgehead atoms. The molecule has 11 aromatic carbocycles. The highest BCUT2D eigenvalue weighted by Crippen LogP contribution is 2.48. The zero-order valence-corrected chi connectivity index (χ0v) is 29.9. The van der Waals surface area contributed by atoms with E-state index in [0.29, 0.717) is 0 Å². The highest BCUT2D eigenvalue weighted by Gasteiger charge is 2.22. The van der Waals surface area contributed by atoms with Crippen LogP contribution >= 0.6 is 0 Å². The molecule has 1 aromatic heterocycles. The van der Waals surface area contributed by atoms with Gasteiger partial charge in [-0.1, -0.05) is 164 Å². The Labute approximate surface area is 317 Å². The van der Waals surface area contributed by atoms with Gasteiger partial charge < -0.3 is 4.42 Å². The zero-order chi connectivity index (χ0) is 36.0. The minimum absolute atomic E-state index is 0.910. The Balaban J connectivity index is 1.23. The third-order valence-electron chi connectivity index (χ3n) is 11.8. The van der Waals surface area contributed by atoms with E-state index in [0.717, 1.165) is 27.7 Å². The van der Waals surface area contributed by atoms with Crippen LogP contribution in [0.5, 0.6) is 0 Å². The van der Waals surface area contributed by atoms with Crippen LogP contribution < -0.4 is 0 Å². The van der Waals surface area contributed by atoms with Crippen molar-refractivity contribution in [1.82, 2.24) is 0 Å². The maximum absolute atomic E-state index is 6.93. The highest BCUT2D eigenvalue weighted by atomic mass is 16.3. The van der Waals surface area contributed by atoms with Gasteiger partial charge in [0.25, 0.3) is 0 Å². The second-order valence-electron chi connectivity index (χ2n) is 14.8. The lowest BCUT2D eigenvalue weighted by Crippen LogP contribution is -1.92. The van der Waals surface area contributed by atoms with Gasteiger partial charge in [-0.3, -0.25) is 0 Å². The molecule has 12 aromatic rings. The van der Waals surface area contributed by atoms with Gasteiger partial charge in [0, 0.05) is 16.3 Å². The average molecular weight is 697 g/mol. The molecule has 0 saturated heterocycles. The van der Waals surface area contributed by atoms with Crippen LogP contribution in [-0.2, 0) is 0 Å². The first-order valence-electron chi connectivity index (χ1n) is 19.0. The Morgan fingerprint density at radius 1 is 0.255 bits per heavy atom. The van der Waals surface area contributed by atoms with Gasteiger partial charge in [-0.15, -0.1) is 0 Å². The minimum atomic E-state index is 0.910. The van der Waals surface area contributed by atoms with Crippen LogP contribution in [0, 0.1) is 0 Å². The van der Waals surface area contributed by atoms with Crippen molar-refractivity contribution in [3.8, 4) is 33.4 Å². The van der Waals surface area contributed by atoms with Gasteiger partial charge in [0.05, 0.1) is 0 Å². The summed E-state index contributed by atoms with van der Waals surface area (Å²) in [7, 11) is 0. The van der Waals surface area contributed by atoms with E-state index in [1.807, 2.05) is 0 Å². The minimum Gasteiger partial charge on any atom is -0.455 e. The molecule has 0 atom stereocenters. The Hall–Kier alpha value is -7.22. The molecule has 55 heavy (non-hydrogen) atoms. The van der Waals surface area contributed by atoms with E-state index in [9.17, 15) is 0 Å². The lowest BCUT2D eigenvalue weighted by molar-refractivity contribution is 0.671. The summed E-state index contributed by atoms with van der Waals surface area (Å²) in [5.41, 5.74) is 9.02. The van der Waals surface area contributed by atoms with Gasteiger partial charge in [-0.25, -0.2) is 0 Å². The predicted octanol–water partition coefficient (Wildman–Crippen LogP) is 15.5. The summed E-state index contributed by atoms with van der Waals surface area (Å²) in [6.07, 6.45) is 0. The second kappa shape index (κ2) is 11.6. The summed E-state index contributed by atoms with van der Waals surface area (Å²) in [6.45, 7) is 0. The van der Waals surface area contributed by atoms with Gasteiger partial charge >= 0.3 is 0 Å². The first-order valence-corrected chi connectivity index (χ1v) is 19.0. The molecule has 1 heteroatoms. The van der Waals surface area contributed by atoms with Crippen molar-refractivity contribution < 1.29 is 4.42 Å². The largest absolute Gasteiger partial charge is 0.455 e. The molecule has 12 rings (SSSR count). The van der Waals surface area contributed by atoms with Crippen LogP contribution in [0.15, 0.2) is 199 Å². The lowest BCUT2D eigenvalue weighted by atomic mass is 9.83. The SMILES string of the molecule is c1ccc2cc(-c3c4ccccc4c(-c4ccc5ccccc5c4)c4cc(-c5c6ccccc6cc6c5oc5ccc7ccccc7c56)ccc34)ccc2c1. The van der Waals surface area contributed by atoms with Crippen molar-refractivity contribution in [1.29, 1.82) is 0 Å². The van der Waals surface area contributed by atoms with Gasteiger partial charge in [0.15, 0.2) is 0 Å². The highest BCUT2D eigenvalue weighted by molar-refractivity contribution is 6.26. The molecule has 0 radical (unpaired) electrons. The van der Waals surface area contributed by atoms with Crippen LogP contribution in [0.3, 0.4) is 0 Å². The maximum Gasteiger partial charge on any atom is 0.143 e. The number of rotatable bonds is 3. The molecule has 254 valence electrons. The Morgan fingerprint density at radius 3 is 1.40 bits per heavy atom. The first-order chi connectivity index (χ1) is 27.3. The summed E-state index contributed by atoms with van der Waals surface area (Å²) >= 11 is 0. The Kier molecular flexibility index (Phi) is 6.40. The zero-order valence-electron chi connectivity index (χ0n) is 29.9. The van der Waals surface area contributed by atoms with Gasteiger partial charge in [0.2, 0.25) is 0 Å². The summed E-state index contributed by atoms with van der Waals surface area (Å²) in [6, 6.07) is 71.2. The van der Waals surface area contributed by atoms with E-state index < -0.39 is 0 Å². The van der Waals surface area contributed by atoms with E-state index in [-0.39, 0.29) is 0 Å². The van der Waals surface area contributed by atoms with Crippen LogP contribution in [-0.4, -0.2) is 0 Å². The number of benzene rings is 11. The molecule has 0 unspecified atom stereocenters. The van der Waals surface area contributed by atoms with Crippen molar-refractivity contribution in [2.75, 3.05) is 0 Å². The maximum atomic E-state index is 6.93. The molecule has 0 spiro atoms. The summed E-state index contributed by atoms with van der Waals surface area (Å²) < 4.78 is 6.93. The van der Waals surface area contributed by atoms with Gasteiger partial charge in [-0.2, -0.15) is 0 Å². The van der Waals surface area contributed by atoms with Crippen LogP contribution in [0.4, 0.5) is 0 Å². The molecule has 0 amide bonds. The topological polar surface area (TPSA) is 13.1 Å². The van der Waals surface area contributed by atoms with Gasteiger partial charge in [0.1, 0.15) is 11.2 Å². The number of fused-ring (bicyclic) bond motifs is 10. The Morgan fingerprint density at radius 2 is 0.727 bits per heavy atom. The molecular weight excluding hydrogens is 665 g/mol. The van der Waals surface area contributed by atoms with E-state index in [1.165, 1.54) is 92.3 Å². The van der Waals surface area contributed by atoms with Crippen LogP contribution in [0.25, 0.3) is 120 Å². The summed E-state index contributed by atoms with van der Waals surface area (Å²) in [5, 5.41) is 17.0. The van der Waals surface area contributed by atoms with Crippen molar-refractivity contribution >= 4 is 86.6 Å². The summed E-state index contributed by atoms with van der Waals surface area (Å²) in [4.78, 5) is 0. The predicted molar refractivity (Wildman–Crippen MR) is 235 cm³/mol. The van der Waals surface area contributed by atoms with Crippen molar-refractivity contribution in [3.63, 3.8) is 0 Å². The third-order valence-corrected chi connectivity index (χ3v) is 11.8. The van der Waals surface area contributed by atoms with E-state index in [4.69, 9.17) is 4.42 Å². The molecule has 0 aliphatic carbocycles. The number of hydrogen-bond acceptors (Lipinski definition) is 1. The fourth-order valence-electron chi connectivity index (χ4n) is 9.28. The molecule has 0 N–H and O–H groups in total. The Bertz CT molecular complexity index is 3550. The lowest BCUT2D eigenvalue weighted by Gasteiger charge is -2.19. The number of hydrogen-bond donors (Lipinski definition) is 0. The molecule has 0 aliphatic heterocycles. The number of furan rings is 1. The van der Waals surface area contributed by atoms with Crippen molar-refractivity contribution in [3.05, 3.63) is 194 Å². The molecule has 1 nitrogen and oxygen atoms in total. The average Bonchev–Trinajstić information content (AvgIpc) is 3.62. The van der Waals surface area contributed by atoms with E-state index in [1.54, 1.807) is 0 Å². The molecule has 0 aliphatic rings. The molecule has 1 heterocycles. The van der Waals surface area contributed by atoms with E-state index in [2.05, 4.69) is 194 Å². The van der Waals surface area contributed by atoms with Crippen LogP contribution in [0.1, 0.15) is 0 Å². The fraction of sp³-hybridized carbons (Fsp3) is 0. The molecular formula is C54H32O. The normalized spacial score (nSPS) is 12.0. The van der Waals surface area contributed by atoms with Crippen molar-refractivity contribution in [2.24, 2.45) is 0 Å². The monoisotopic (exact) mass is 696 g/mol. The molecule has 0 fully saturated rings. The van der Waals surface area contributed by atoms with Gasteiger partial charge in [-0.05, 0) is 123 Å². The fourth-order valence-corrected chi connectivity index (χ4v) is 9.28. The van der Waals surface area contributed by atoms with Crippen molar-refractivity contribution in [2.45, 2.75) is 0 Å². The third kappa shape index (κ3) is 4.54. The smallest absolute Gasteiger partial charge is 0.143 e. The quantitative estimate of drug-likeness (QED) is 0.168. The second-order valence-corrected chi connectivity index (χ2v) is 14.8. The molecule has 0 saturated carbocycles. The summed E-state index contributed by atoms with van der Waals surface area (Å²) in [5.74, 6) is 0. The van der Waals surface area contributed by atoms with Crippen LogP contribution in [0.2, 0.25) is 0 Å². The van der Waals surface area contributed by atoms with E-state index >= 15 is 0 Å². The standard InChI is InChI=1S/C54H32O/c1-3-14-36-29-39(23-21-33(36)11-1)50-44-19-9-10-20-45(44)51(40-24-22-34-12-2-4-15-37(34)30-40)47-32-41(25-27-46(47)50)52-43-18-8-6-16-38(43)31-48-53-42-17-7-5-13-35(42)26-28-49(53)55-54(48)52/h1-32H.